The van der Waals surface area contributed by atoms with Gasteiger partial charge in [-0.25, -0.2) is 4.68 Å². The van der Waals surface area contributed by atoms with Crippen LogP contribution in [0.3, 0.4) is 0 Å². The lowest BCUT2D eigenvalue weighted by atomic mass is 10.2. The van der Waals surface area contributed by atoms with Crippen LogP contribution in [-0.4, -0.2) is 52.6 Å². The maximum absolute atomic E-state index is 12.2. The van der Waals surface area contributed by atoms with E-state index in [9.17, 15) is 4.79 Å². The predicted molar refractivity (Wildman–Crippen MR) is 71.2 cm³/mol. The van der Waals surface area contributed by atoms with E-state index in [-0.39, 0.29) is 12.5 Å². The van der Waals surface area contributed by atoms with Gasteiger partial charge in [0, 0.05) is 26.7 Å². The number of carbonyl (C=O) groups excluding carboxylic acids is 1. The third-order valence-electron chi connectivity index (χ3n) is 2.60. The molecule has 2 N–H and O–H groups in total. The Labute approximate surface area is 113 Å². The van der Waals surface area contributed by atoms with Gasteiger partial charge in [0.1, 0.15) is 6.54 Å². The number of aromatic nitrogens is 3. The minimum atomic E-state index is 0.0132. The number of ether oxygens (including phenoxy) is 1. The molecule has 0 aliphatic rings. The third-order valence-corrected chi connectivity index (χ3v) is 2.60. The molecule has 0 aromatic carbocycles. The monoisotopic (exact) mass is 269 g/mol. The Kier molecular flexibility index (Phi) is 6.44. The van der Waals surface area contributed by atoms with Gasteiger partial charge in [-0.3, -0.25) is 4.79 Å². The fraction of sp³-hybridized carbons (Fsp3) is 0.750. The molecule has 0 saturated carbocycles. The van der Waals surface area contributed by atoms with Gasteiger partial charge in [0.2, 0.25) is 5.91 Å². The first-order chi connectivity index (χ1) is 9.06. The van der Waals surface area contributed by atoms with Crippen LogP contribution in [0.4, 0.5) is 0 Å². The van der Waals surface area contributed by atoms with Crippen LogP contribution in [0, 0.1) is 5.92 Å². The van der Waals surface area contributed by atoms with Crippen molar-refractivity contribution in [3.8, 4) is 0 Å². The number of carbonyl (C=O) groups is 1. The number of hydrogen-bond donors (Lipinski definition) is 1. The highest BCUT2D eigenvalue weighted by Gasteiger charge is 2.15. The van der Waals surface area contributed by atoms with Gasteiger partial charge in [0.25, 0.3) is 0 Å². The first-order valence-electron chi connectivity index (χ1n) is 6.42. The molecule has 0 aliphatic heterocycles. The first kappa shape index (κ1) is 15.6. The fourth-order valence-corrected chi connectivity index (χ4v) is 1.71. The zero-order valence-corrected chi connectivity index (χ0v) is 11.9. The van der Waals surface area contributed by atoms with Crippen LogP contribution in [0.25, 0.3) is 0 Å². The Bertz CT molecular complexity index is 391. The number of hydrogen-bond acceptors (Lipinski definition) is 5. The standard InChI is InChI=1S/C12H23N5O2/c1-10(2)7-16(4-5-19-3)12(18)9-17-8-11(6-13)14-15-17/h8,10H,4-7,9,13H2,1-3H3. The minimum Gasteiger partial charge on any atom is -0.383 e. The van der Waals surface area contributed by atoms with E-state index in [4.69, 9.17) is 10.5 Å². The van der Waals surface area contributed by atoms with Crippen molar-refractivity contribution in [2.24, 2.45) is 11.7 Å². The molecule has 0 bridgehead atoms. The number of methoxy groups -OCH3 is 1. The molecule has 0 spiro atoms. The van der Waals surface area contributed by atoms with E-state index in [0.29, 0.717) is 37.9 Å². The van der Waals surface area contributed by atoms with Crippen LogP contribution < -0.4 is 5.73 Å². The first-order valence-corrected chi connectivity index (χ1v) is 6.42. The van der Waals surface area contributed by atoms with Crippen molar-refractivity contribution in [1.82, 2.24) is 19.9 Å². The van der Waals surface area contributed by atoms with E-state index in [1.807, 2.05) is 0 Å². The maximum Gasteiger partial charge on any atom is 0.244 e. The number of nitrogens with zero attached hydrogens (tertiary/aromatic N) is 4. The summed E-state index contributed by atoms with van der Waals surface area (Å²) in [5.74, 6) is 0.426. The Balaban J connectivity index is 2.59. The normalized spacial score (nSPS) is 11.0. The molecule has 1 heterocycles. The van der Waals surface area contributed by atoms with Gasteiger partial charge < -0.3 is 15.4 Å². The van der Waals surface area contributed by atoms with Gasteiger partial charge >= 0.3 is 0 Å². The van der Waals surface area contributed by atoms with Crippen molar-refractivity contribution in [3.63, 3.8) is 0 Å². The second kappa shape index (κ2) is 7.85. The molecular formula is C12H23N5O2. The Morgan fingerprint density at radius 3 is 2.84 bits per heavy atom. The molecule has 0 saturated heterocycles. The number of amides is 1. The quantitative estimate of drug-likeness (QED) is 0.710. The van der Waals surface area contributed by atoms with Crippen molar-refractivity contribution >= 4 is 5.91 Å². The van der Waals surface area contributed by atoms with E-state index in [0.717, 1.165) is 0 Å². The fourth-order valence-electron chi connectivity index (χ4n) is 1.71. The lowest BCUT2D eigenvalue weighted by Gasteiger charge is -2.24. The molecule has 0 radical (unpaired) electrons. The molecule has 0 aliphatic carbocycles. The van der Waals surface area contributed by atoms with Crippen molar-refractivity contribution in [2.75, 3.05) is 26.8 Å². The summed E-state index contributed by atoms with van der Waals surface area (Å²) in [7, 11) is 1.63. The summed E-state index contributed by atoms with van der Waals surface area (Å²) in [6.45, 7) is 6.50. The SMILES string of the molecule is COCCN(CC(C)C)C(=O)Cn1cc(CN)nn1. The molecule has 0 fully saturated rings. The number of rotatable bonds is 8. The van der Waals surface area contributed by atoms with Gasteiger partial charge in [0.05, 0.1) is 18.5 Å². The van der Waals surface area contributed by atoms with Crippen molar-refractivity contribution in [1.29, 1.82) is 0 Å². The van der Waals surface area contributed by atoms with Crippen LogP contribution in [0.2, 0.25) is 0 Å². The predicted octanol–water partition coefficient (Wildman–Crippen LogP) is -0.132. The summed E-state index contributed by atoms with van der Waals surface area (Å²) in [4.78, 5) is 14.0. The summed E-state index contributed by atoms with van der Waals surface area (Å²) in [6, 6.07) is 0. The van der Waals surface area contributed by atoms with Crippen molar-refractivity contribution in [2.45, 2.75) is 26.9 Å². The van der Waals surface area contributed by atoms with Gasteiger partial charge in [-0.15, -0.1) is 5.10 Å². The summed E-state index contributed by atoms with van der Waals surface area (Å²) >= 11 is 0. The van der Waals surface area contributed by atoms with Gasteiger partial charge in [-0.05, 0) is 5.92 Å². The number of nitrogens with two attached hydrogens (primary N) is 1. The molecule has 7 heteroatoms. The highest BCUT2D eigenvalue weighted by molar-refractivity contribution is 5.75. The lowest BCUT2D eigenvalue weighted by Crippen LogP contribution is -2.38. The summed E-state index contributed by atoms with van der Waals surface area (Å²) in [5, 5.41) is 7.74. The van der Waals surface area contributed by atoms with Crippen LogP contribution >= 0.6 is 0 Å². The molecule has 1 aromatic heterocycles. The lowest BCUT2D eigenvalue weighted by molar-refractivity contribution is -0.133. The van der Waals surface area contributed by atoms with E-state index in [2.05, 4.69) is 24.2 Å². The molecule has 108 valence electrons. The van der Waals surface area contributed by atoms with Crippen LogP contribution in [0.5, 0.6) is 0 Å². The topological polar surface area (TPSA) is 86.3 Å². The summed E-state index contributed by atoms with van der Waals surface area (Å²) < 4.78 is 6.55. The van der Waals surface area contributed by atoms with E-state index in [1.54, 1.807) is 18.2 Å². The highest BCUT2D eigenvalue weighted by Crippen LogP contribution is 2.01. The smallest absolute Gasteiger partial charge is 0.244 e. The minimum absolute atomic E-state index is 0.0132. The van der Waals surface area contributed by atoms with Crippen LogP contribution in [0.1, 0.15) is 19.5 Å². The molecule has 1 amide bonds. The van der Waals surface area contributed by atoms with Crippen LogP contribution in [-0.2, 0) is 22.6 Å². The molecular weight excluding hydrogens is 246 g/mol. The molecule has 19 heavy (non-hydrogen) atoms. The average molecular weight is 269 g/mol. The highest BCUT2D eigenvalue weighted by atomic mass is 16.5. The van der Waals surface area contributed by atoms with Crippen molar-refractivity contribution in [3.05, 3.63) is 11.9 Å². The van der Waals surface area contributed by atoms with Gasteiger partial charge in [-0.1, -0.05) is 19.1 Å². The Hall–Kier alpha value is -1.47. The Morgan fingerprint density at radius 1 is 1.58 bits per heavy atom. The zero-order valence-electron chi connectivity index (χ0n) is 11.9. The molecule has 1 rings (SSSR count). The van der Waals surface area contributed by atoms with Gasteiger partial charge in [-0.2, -0.15) is 0 Å². The maximum atomic E-state index is 12.2. The zero-order chi connectivity index (χ0) is 14.3. The summed E-state index contributed by atoms with van der Waals surface area (Å²) in [5.41, 5.74) is 6.14. The van der Waals surface area contributed by atoms with E-state index < -0.39 is 0 Å². The molecule has 7 nitrogen and oxygen atoms in total. The van der Waals surface area contributed by atoms with Crippen LogP contribution in [0.15, 0.2) is 6.20 Å². The largest absolute Gasteiger partial charge is 0.383 e. The summed E-state index contributed by atoms with van der Waals surface area (Å²) in [6.07, 6.45) is 1.70. The third kappa shape index (κ3) is 5.35. The Morgan fingerprint density at radius 2 is 2.32 bits per heavy atom. The van der Waals surface area contributed by atoms with Crippen molar-refractivity contribution < 1.29 is 9.53 Å². The molecule has 0 atom stereocenters. The second-order valence-corrected chi connectivity index (χ2v) is 4.84. The molecule has 0 unspecified atom stereocenters. The second-order valence-electron chi connectivity index (χ2n) is 4.84. The van der Waals surface area contributed by atoms with E-state index >= 15 is 0 Å². The average Bonchev–Trinajstić information content (AvgIpc) is 2.81. The van der Waals surface area contributed by atoms with Gasteiger partial charge in [0.15, 0.2) is 0 Å². The van der Waals surface area contributed by atoms with E-state index in [1.165, 1.54) is 4.68 Å². The molecule has 1 aromatic rings.